The van der Waals surface area contributed by atoms with Crippen molar-refractivity contribution in [1.29, 1.82) is 0 Å². The summed E-state index contributed by atoms with van der Waals surface area (Å²) in [5.74, 6) is -0.868. The third-order valence-electron chi connectivity index (χ3n) is 4.96. The highest BCUT2D eigenvalue weighted by molar-refractivity contribution is 5.97. The Kier molecular flexibility index (Phi) is 7.59. The van der Waals surface area contributed by atoms with Crippen molar-refractivity contribution in [2.45, 2.75) is 13.3 Å². The molecule has 1 atom stereocenters. The van der Waals surface area contributed by atoms with E-state index >= 15 is 0 Å². The van der Waals surface area contributed by atoms with Gasteiger partial charge in [-0.1, -0.05) is 31.2 Å². The average molecular weight is 422 g/mol. The van der Waals surface area contributed by atoms with Gasteiger partial charge < -0.3 is 20.7 Å². The van der Waals surface area contributed by atoms with Crippen molar-refractivity contribution in [3.05, 3.63) is 59.9 Å². The molecular formula is C21H25ClFN3O3. The highest BCUT2D eigenvalue weighted by Gasteiger charge is 2.35. The summed E-state index contributed by atoms with van der Waals surface area (Å²) in [6.07, 6.45) is 0.851. The minimum atomic E-state index is -0.525. The third kappa shape index (κ3) is 5.46. The van der Waals surface area contributed by atoms with Crippen LogP contribution in [0.1, 0.15) is 23.7 Å². The maximum Gasteiger partial charge on any atom is 0.262 e. The molecule has 2 aromatic rings. The van der Waals surface area contributed by atoms with Crippen LogP contribution in [0.25, 0.3) is 0 Å². The fourth-order valence-corrected chi connectivity index (χ4v) is 3.20. The molecule has 1 unspecified atom stereocenters. The van der Waals surface area contributed by atoms with E-state index in [0.29, 0.717) is 30.9 Å². The van der Waals surface area contributed by atoms with Gasteiger partial charge >= 0.3 is 0 Å². The average Bonchev–Trinajstić information content (AvgIpc) is 3.11. The molecule has 2 amide bonds. The summed E-state index contributed by atoms with van der Waals surface area (Å²) >= 11 is 0. The normalized spacial score (nSPS) is 18.1. The van der Waals surface area contributed by atoms with Gasteiger partial charge in [0, 0.05) is 13.1 Å². The largest absolute Gasteiger partial charge is 0.483 e. The summed E-state index contributed by atoms with van der Waals surface area (Å²) in [6, 6.07) is 12.7. The summed E-state index contributed by atoms with van der Waals surface area (Å²) < 4.78 is 19.2. The van der Waals surface area contributed by atoms with Crippen LogP contribution in [0.15, 0.2) is 48.5 Å². The van der Waals surface area contributed by atoms with Crippen LogP contribution in [0.2, 0.25) is 0 Å². The van der Waals surface area contributed by atoms with Gasteiger partial charge in [-0.2, -0.15) is 0 Å². The van der Waals surface area contributed by atoms with E-state index in [-0.39, 0.29) is 36.0 Å². The molecule has 2 aromatic carbocycles. The molecule has 156 valence electrons. The predicted octanol–water partition coefficient (Wildman–Crippen LogP) is 3.08. The van der Waals surface area contributed by atoms with E-state index in [0.717, 1.165) is 6.42 Å². The van der Waals surface area contributed by atoms with Crippen LogP contribution in [-0.4, -0.2) is 43.0 Å². The van der Waals surface area contributed by atoms with Gasteiger partial charge in [0.05, 0.1) is 11.3 Å². The lowest BCUT2D eigenvalue weighted by Gasteiger charge is -2.23. The number of benzene rings is 2. The third-order valence-corrected chi connectivity index (χ3v) is 4.96. The van der Waals surface area contributed by atoms with Crippen LogP contribution in [0.4, 0.5) is 10.1 Å². The number of nitrogens with zero attached hydrogens (tertiary/aromatic N) is 1. The van der Waals surface area contributed by atoms with E-state index in [1.807, 2.05) is 0 Å². The second kappa shape index (κ2) is 9.71. The Balaban J connectivity index is 0.00000300. The number of nitrogens with two attached hydrogens (primary N) is 1. The molecule has 3 N–H and O–H groups in total. The molecule has 6 nitrogen and oxygen atoms in total. The second-order valence-corrected chi connectivity index (χ2v) is 7.30. The zero-order valence-electron chi connectivity index (χ0n) is 16.2. The van der Waals surface area contributed by atoms with E-state index in [1.165, 1.54) is 18.2 Å². The molecule has 1 saturated heterocycles. The first kappa shape index (κ1) is 22.6. The lowest BCUT2D eigenvalue weighted by molar-refractivity contribution is -0.118. The van der Waals surface area contributed by atoms with Gasteiger partial charge in [0.25, 0.3) is 11.8 Å². The lowest BCUT2D eigenvalue weighted by atomic mass is 9.90. The molecule has 29 heavy (non-hydrogen) atoms. The van der Waals surface area contributed by atoms with E-state index < -0.39 is 11.7 Å². The number of carbonyl (C=O) groups excluding carboxylic acids is 2. The van der Waals surface area contributed by atoms with Gasteiger partial charge in [-0.3, -0.25) is 9.59 Å². The summed E-state index contributed by atoms with van der Waals surface area (Å²) in [5.41, 5.74) is 6.22. The molecule has 1 fully saturated rings. The number of rotatable bonds is 6. The number of hydrogen-bond acceptors (Lipinski definition) is 4. The Bertz CT molecular complexity index is 880. The summed E-state index contributed by atoms with van der Waals surface area (Å²) in [5, 5.41) is 2.45. The topological polar surface area (TPSA) is 84.7 Å². The predicted molar refractivity (Wildman–Crippen MR) is 112 cm³/mol. The minimum absolute atomic E-state index is 0. The Morgan fingerprint density at radius 3 is 2.59 bits per heavy atom. The molecule has 0 radical (unpaired) electrons. The van der Waals surface area contributed by atoms with Gasteiger partial charge in [-0.25, -0.2) is 4.39 Å². The van der Waals surface area contributed by atoms with Crippen LogP contribution in [0.3, 0.4) is 0 Å². The lowest BCUT2D eigenvalue weighted by Crippen LogP contribution is -2.34. The molecule has 0 bridgehead atoms. The molecule has 1 aliphatic heterocycles. The molecule has 3 rings (SSSR count). The number of likely N-dealkylation sites (tertiary alicyclic amines) is 1. The number of nitrogens with one attached hydrogen (secondary N) is 1. The van der Waals surface area contributed by atoms with Crippen molar-refractivity contribution in [1.82, 2.24) is 4.90 Å². The van der Waals surface area contributed by atoms with Crippen molar-refractivity contribution >= 4 is 29.9 Å². The van der Waals surface area contributed by atoms with Gasteiger partial charge in [0.2, 0.25) is 0 Å². The van der Waals surface area contributed by atoms with E-state index in [4.69, 9.17) is 10.5 Å². The Morgan fingerprint density at radius 1 is 1.21 bits per heavy atom. The molecule has 8 heteroatoms. The van der Waals surface area contributed by atoms with Gasteiger partial charge in [0.1, 0.15) is 11.6 Å². The monoisotopic (exact) mass is 421 g/mol. The first-order chi connectivity index (χ1) is 13.4. The van der Waals surface area contributed by atoms with Crippen LogP contribution in [0.5, 0.6) is 5.75 Å². The summed E-state index contributed by atoms with van der Waals surface area (Å²) in [4.78, 5) is 26.8. The number of carbonyl (C=O) groups is 2. The van der Waals surface area contributed by atoms with Crippen LogP contribution >= 0.6 is 12.4 Å². The van der Waals surface area contributed by atoms with E-state index in [2.05, 4.69) is 12.2 Å². The number of halogens is 2. The second-order valence-electron chi connectivity index (χ2n) is 7.30. The smallest absolute Gasteiger partial charge is 0.262 e. The maximum absolute atomic E-state index is 13.6. The standard InChI is InChI=1S/C21H24FN3O3.ClH/c1-21(13-23)10-11-25(14-21)20(27)15-6-2-5-9-18(15)28-12-19(26)24-17-8-4-3-7-16(17)22;/h2-9H,10-14,23H2,1H3,(H,24,26);1H. The fraction of sp³-hybridized carbons (Fsp3) is 0.333. The van der Waals surface area contributed by atoms with Crippen molar-refractivity contribution in [2.24, 2.45) is 11.1 Å². The first-order valence-electron chi connectivity index (χ1n) is 9.17. The highest BCUT2D eigenvalue weighted by atomic mass is 35.5. The van der Waals surface area contributed by atoms with E-state index in [9.17, 15) is 14.0 Å². The maximum atomic E-state index is 13.6. The first-order valence-corrected chi connectivity index (χ1v) is 9.17. The summed E-state index contributed by atoms with van der Waals surface area (Å²) in [7, 11) is 0. The van der Waals surface area contributed by atoms with Crippen molar-refractivity contribution in [2.75, 3.05) is 31.6 Å². The Hall–Kier alpha value is -2.64. The molecule has 1 aliphatic rings. The Labute approximate surface area is 175 Å². The van der Waals surface area contributed by atoms with Gasteiger partial charge in [-0.15, -0.1) is 12.4 Å². The minimum Gasteiger partial charge on any atom is -0.483 e. The SMILES string of the molecule is CC1(CN)CCN(C(=O)c2ccccc2OCC(=O)Nc2ccccc2F)C1.Cl. The number of para-hydroxylation sites is 2. The number of hydrogen-bond donors (Lipinski definition) is 2. The fourth-order valence-electron chi connectivity index (χ4n) is 3.20. The zero-order chi connectivity index (χ0) is 20.1. The van der Waals surface area contributed by atoms with Crippen LogP contribution < -0.4 is 15.8 Å². The van der Waals surface area contributed by atoms with Crippen molar-refractivity contribution < 1.29 is 18.7 Å². The molecule has 0 saturated carbocycles. The molecular weight excluding hydrogens is 397 g/mol. The van der Waals surface area contributed by atoms with Crippen molar-refractivity contribution in [3.63, 3.8) is 0 Å². The van der Waals surface area contributed by atoms with E-state index in [1.54, 1.807) is 35.2 Å². The number of ether oxygens (including phenoxy) is 1. The van der Waals surface area contributed by atoms with Crippen LogP contribution in [0, 0.1) is 11.2 Å². The Morgan fingerprint density at radius 2 is 1.90 bits per heavy atom. The number of anilines is 1. The molecule has 0 aromatic heterocycles. The zero-order valence-corrected chi connectivity index (χ0v) is 17.0. The van der Waals surface area contributed by atoms with Crippen LogP contribution in [-0.2, 0) is 4.79 Å². The van der Waals surface area contributed by atoms with Gasteiger partial charge in [-0.05, 0) is 42.6 Å². The van der Waals surface area contributed by atoms with Gasteiger partial charge in [0.15, 0.2) is 6.61 Å². The highest BCUT2D eigenvalue weighted by Crippen LogP contribution is 2.31. The number of amides is 2. The van der Waals surface area contributed by atoms with Crippen molar-refractivity contribution in [3.8, 4) is 5.75 Å². The quantitative estimate of drug-likeness (QED) is 0.750. The summed E-state index contributed by atoms with van der Waals surface area (Å²) in [6.45, 7) is 3.47. The molecule has 1 heterocycles. The molecule has 0 spiro atoms. The molecule has 0 aliphatic carbocycles.